The van der Waals surface area contributed by atoms with Crippen molar-refractivity contribution in [2.75, 3.05) is 26.6 Å². The highest BCUT2D eigenvalue weighted by molar-refractivity contribution is 5.61. The third-order valence-corrected chi connectivity index (χ3v) is 5.50. The lowest BCUT2D eigenvalue weighted by Crippen LogP contribution is -2.14. The second kappa shape index (κ2) is 11.8. The van der Waals surface area contributed by atoms with E-state index in [4.69, 9.17) is 18.9 Å². The van der Waals surface area contributed by atoms with Crippen LogP contribution in [0.3, 0.4) is 0 Å². The SMILES string of the molecule is COc1ccc(CNCc2c(OC)cc(Oc3cccc(Nc4ccccc4)c3)cc2OC)cc1. The van der Waals surface area contributed by atoms with E-state index in [-0.39, 0.29) is 0 Å². The maximum atomic E-state index is 6.16. The molecule has 4 aromatic carbocycles. The van der Waals surface area contributed by atoms with Gasteiger partial charge in [-0.3, -0.25) is 0 Å². The second-order valence-corrected chi connectivity index (χ2v) is 7.88. The number of methoxy groups -OCH3 is 3. The van der Waals surface area contributed by atoms with Crippen LogP contribution in [0.1, 0.15) is 11.1 Å². The zero-order chi connectivity index (χ0) is 24.5. The molecule has 35 heavy (non-hydrogen) atoms. The molecule has 0 aliphatic rings. The number of para-hydroxylation sites is 1. The van der Waals surface area contributed by atoms with Crippen LogP contribution in [-0.4, -0.2) is 21.3 Å². The summed E-state index contributed by atoms with van der Waals surface area (Å²) in [5.74, 6) is 3.57. The third-order valence-electron chi connectivity index (χ3n) is 5.50. The molecule has 0 fully saturated rings. The molecule has 6 nitrogen and oxygen atoms in total. The summed E-state index contributed by atoms with van der Waals surface area (Å²) in [7, 11) is 4.96. The molecule has 6 heteroatoms. The molecule has 4 aromatic rings. The fraction of sp³-hybridized carbons (Fsp3) is 0.172. The molecule has 0 heterocycles. The highest BCUT2D eigenvalue weighted by Gasteiger charge is 2.14. The van der Waals surface area contributed by atoms with Gasteiger partial charge in [0, 0.05) is 42.7 Å². The first-order valence-electron chi connectivity index (χ1n) is 11.4. The summed E-state index contributed by atoms with van der Waals surface area (Å²) < 4.78 is 22.7. The standard InChI is InChI=1S/C29H30N2O4/c1-32-24-14-12-21(13-15-24)19-30-20-27-28(33-2)17-26(18-29(27)34-3)35-25-11-7-10-23(16-25)31-22-8-5-4-6-9-22/h4-18,30-31H,19-20H2,1-3H3. The molecular formula is C29H30N2O4. The van der Waals surface area contributed by atoms with Gasteiger partial charge in [-0.05, 0) is 42.0 Å². The lowest BCUT2D eigenvalue weighted by Gasteiger charge is -2.17. The fourth-order valence-corrected chi connectivity index (χ4v) is 3.73. The first-order valence-corrected chi connectivity index (χ1v) is 11.4. The lowest BCUT2D eigenvalue weighted by atomic mass is 10.1. The Kier molecular flexibility index (Phi) is 8.09. The van der Waals surface area contributed by atoms with E-state index in [1.54, 1.807) is 21.3 Å². The molecular weight excluding hydrogens is 440 g/mol. The molecule has 2 N–H and O–H groups in total. The molecule has 0 bridgehead atoms. The van der Waals surface area contributed by atoms with Gasteiger partial charge in [0.1, 0.15) is 28.7 Å². The molecule has 180 valence electrons. The quantitative estimate of drug-likeness (QED) is 0.260. The van der Waals surface area contributed by atoms with Crippen molar-refractivity contribution in [2.24, 2.45) is 0 Å². The van der Waals surface area contributed by atoms with Gasteiger partial charge < -0.3 is 29.6 Å². The fourth-order valence-electron chi connectivity index (χ4n) is 3.73. The number of anilines is 2. The van der Waals surface area contributed by atoms with Crippen LogP contribution in [0.5, 0.6) is 28.7 Å². The molecule has 0 unspecified atom stereocenters. The van der Waals surface area contributed by atoms with Gasteiger partial charge in [0.15, 0.2) is 0 Å². The van der Waals surface area contributed by atoms with Gasteiger partial charge in [0.25, 0.3) is 0 Å². The van der Waals surface area contributed by atoms with E-state index in [0.717, 1.165) is 28.3 Å². The van der Waals surface area contributed by atoms with E-state index in [9.17, 15) is 0 Å². The summed E-state index contributed by atoms with van der Waals surface area (Å²) in [5.41, 5.74) is 4.04. The minimum Gasteiger partial charge on any atom is -0.497 e. The summed E-state index contributed by atoms with van der Waals surface area (Å²) in [5, 5.41) is 6.84. The number of benzene rings is 4. The first-order chi connectivity index (χ1) is 17.2. The van der Waals surface area contributed by atoms with Gasteiger partial charge in [-0.2, -0.15) is 0 Å². The highest BCUT2D eigenvalue weighted by atomic mass is 16.5. The van der Waals surface area contributed by atoms with Crippen LogP contribution in [0, 0.1) is 0 Å². The Labute approximate surface area is 206 Å². The molecule has 4 rings (SSSR count). The normalized spacial score (nSPS) is 10.5. The van der Waals surface area contributed by atoms with Crippen LogP contribution < -0.4 is 29.6 Å². The van der Waals surface area contributed by atoms with E-state index < -0.39 is 0 Å². The summed E-state index contributed by atoms with van der Waals surface area (Å²) in [6, 6.07) is 29.6. The van der Waals surface area contributed by atoms with Crippen molar-refractivity contribution in [3.05, 3.63) is 102 Å². The van der Waals surface area contributed by atoms with E-state index in [1.165, 1.54) is 0 Å². The number of nitrogens with one attached hydrogen (secondary N) is 2. The largest absolute Gasteiger partial charge is 0.497 e. The van der Waals surface area contributed by atoms with Crippen molar-refractivity contribution in [1.82, 2.24) is 5.32 Å². The number of hydrogen-bond acceptors (Lipinski definition) is 6. The summed E-state index contributed by atoms with van der Waals surface area (Å²) >= 11 is 0. The smallest absolute Gasteiger partial charge is 0.134 e. The highest BCUT2D eigenvalue weighted by Crippen LogP contribution is 2.36. The third kappa shape index (κ3) is 6.46. The van der Waals surface area contributed by atoms with E-state index in [1.807, 2.05) is 91.0 Å². The number of rotatable bonds is 11. The molecule has 0 aliphatic carbocycles. The van der Waals surface area contributed by atoms with Crippen LogP contribution >= 0.6 is 0 Å². The molecule has 0 radical (unpaired) electrons. The zero-order valence-corrected chi connectivity index (χ0v) is 20.2. The van der Waals surface area contributed by atoms with Crippen molar-refractivity contribution in [3.63, 3.8) is 0 Å². The Morgan fingerprint density at radius 3 is 1.91 bits per heavy atom. The minimum atomic E-state index is 0.579. The molecule has 0 amide bonds. The van der Waals surface area contributed by atoms with Gasteiger partial charge >= 0.3 is 0 Å². The van der Waals surface area contributed by atoms with Crippen LogP contribution in [0.25, 0.3) is 0 Å². The maximum Gasteiger partial charge on any atom is 0.134 e. The lowest BCUT2D eigenvalue weighted by molar-refractivity contribution is 0.375. The van der Waals surface area contributed by atoms with Crippen molar-refractivity contribution < 1.29 is 18.9 Å². The Bertz CT molecular complexity index is 1200. The van der Waals surface area contributed by atoms with Gasteiger partial charge in [-0.15, -0.1) is 0 Å². The first kappa shape index (κ1) is 24.0. The van der Waals surface area contributed by atoms with Crippen molar-refractivity contribution in [2.45, 2.75) is 13.1 Å². The predicted octanol–water partition coefficient (Wildman–Crippen LogP) is 6.54. The minimum absolute atomic E-state index is 0.579. The van der Waals surface area contributed by atoms with E-state index in [0.29, 0.717) is 36.1 Å². The van der Waals surface area contributed by atoms with Crippen LogP contribution in [0.4, 0.5) is 11.4 Å². The Morgan fingerprint density at radius 2 is 1.26 bits per heavy atom. The summed E-state index contributed by atoms with van der Waals surface area (Å²) in [4.78, 5) is 0. The van der Waals surface area contributed by atoms with Crippen molar-refractivity contribution in [1.29, 1.82) is 0 Å². The second-order valence-electron chi connectivity index (χ2n) is 7.88. The average molecular weight is 471 g/mol. The average Bonchev–Trinajstić information content (AvgIpc) is 2.90. The topological polar surface area (TPSA) is 61.0 Å². The maximum absolute atomic E-state index is 6.16. The van der Waals surface area contributed by atoms with Crippen LogP contribution in [0.15, 0.2) is 91.0 Å². The number of ether oxygens (including phenoxy) is 4. The Morgan fingerprint density at radius 1 is 0.571 bits per heavy atom. The van der Waals surface area contributed by atoms with E-state index in [2.05, 4.69) is 10.6 Å². The van der Waals surface area contributed by atoms with Crippen molar-refractivity contribution in [3.8, 4) is 28.7 Å². The molecule has 0 aliphatic heterocycles. The number of hydrogen-bond donors (Lipinski definition) is 2. The Balaban J connectivity index is 1.46. The molecule has 0 aromatic heterocycles. The van der Waals surface area contributed by atoms with Crippen LogP contribution in [-0.2, 0) is 13.1 Å². The van der Waals surface area contributed by atoms with Gasteiger partial charge in [-0.25, -0.2) is 0 Å². The monoisotopic (exact) mass is 470 g/mol. The molecule has 0 saturated carbocycles. The molecule has 0 spiro atoms. The van der Waals surface area contributed by atoms with Gasteiger partial charge in [0.05, 0.1) is 26.9 Å². The van der Waals surface area contributed by atoms with Gasteiger partial charge in [0.2, 0.25) is 0 Å². The summed E-state index contributed by atoms with van der Waals surface area (Å²) in [6.07, 6.45) is 0. The molecule has 0 atom stereocenters. The summed E-state index contributed by atoms with van der Waals surface area (Å²) in [6.45, 7) is 1.28. The zero-order valence-electron chi connectivity index (χ0n) is 20.2. The predicted molar refractivity (Wildman–Crippen MR) is 139 cm³/mol. The van der Waals surface area contributed by atoms with Gasteiger partial charge in [-0.1, -0.05) is 36.4 Å². The van der Waals surface area contributed by atoms with Crippen molar-refractivity contribution >= 4 is 11.4 Å². The van der Waals surface area contributed by atoms with Crippen LogP contribution in [0.2, 0.25) is 0 Å². The van der Waals surface area contributed by atoms with E-state index >= 15 is 0 Å². The Hall–Kier alpha value is -4.16. The molecule has 0 saturated heterocycles.